The highest BCUT2D eigenvalue weighted by atomic mass is 35.5. The number of nitro groups is 1. The summed E-state index contributed by atoms with van der Waals surface area (Å²) in [6.07, 6.45) is 0.932. The highest BCUT2D eigenvalue weighted by Crippen LogP contribution is 2.53. The van der Waals surface area contributed by atoms with E-state index in [0.29, 0.717) is 35.5 Å². The van der Waals surface area contributed by atoms with Gasteiger partial charge in [0, 0.05) is 45.8 Å². The minimum Gasteiger partial charge on any atom is -0.502 e. The summed E-state index contributed by atoms with van der Waals surface area (Å²) >= 11 is 6.26. The number of benzene rings is 2. The smallest absolute Gasteiger partial charge is 0.312 e. The van der Waals surface area contributed by atoms with E-state index in [2.05, 4.69) is 5.32 Å². The van der Waals surface area contributed by atoms with E-state index in [1.54, 1.807) is 4.68 Å². The van der Waals surface area contributed by atoms with Gasteiger partial charge in [-0.3, -0.25) is 14.9 Å². The number of nitrogens with zero attached hydrogens (tertiary/aromatic N) is 3. The molecule has 1 atom stereocenters. The second kappa shape index (κ2) is 7.70. The zero-order valence-corrected chi connectivity index (χ0v) is 19.7. The number of hydrogen-bond acceptors (Lipinski definition) is 6. The summed E-state index contributed by atoms with van der Waals surface area (Å²) in [5.74, 6) is -0.642. The number of halogens is 1. The topological polar surface area (TPSA) is 110 Å². The number of fused-ring (bicyclic) bond motifs is 1. The van der Waals surface area contributed by atoms with Crippen molar-refractivity contribution in [3.05, 3.63) is 85.7 Å². The zero-order valence-electron chi connectivity index (χ0n) is 18.9. The standard InChI is InChI=1S/C25H23ClN4O4/c1-13-20-21(16-9-14(26)10-18(23(16)32)30(33)34)22-17(11-25(2,3)12-19(22)31)27-24(20)29(28-13)15-7-5-4-6-8-15/h4-10,21,27,32H,11-12H2,1-3H3/t21-/m0/s1. The number of nitrogens with one attached hydrogen (secondary N) is 1. The second-order valence-electron chi connectivity index (χ2n) is 9.61. The minimum absolute atomic E-state index is 0.0664. The molecule has 0 radical (unpaired) electrons. The molecule has 0 unspecified atom stereocenters. The number of phenolic OH excluding ortho intramolecular Hbond substituents is 1. The van der Waals surface area contributed by atoms with E-state index < -0.39 is 22.3 Å². The van der Waals surface area contributed by atoms with Crippen LogP contribution >= 0.6 is 11.6 Å². The number of carbonyl (C=O) groups excluding carboxylic acids is 1. The van der Waals surface area contributed by atoms with Gasteiger partial charge < -0.3 is 10.4 Å². The monoisotopic (exact) mass is 478 g/mol. The third-order valence-electron chi connectivity index (χ3n) is 6.47. The van der Waals surface area contributed by atoms with Gasteiger partial charge in [0.15, 0.2) is 11.5 Å². The minimum atomic E-state index is -0.746. The molecule has 34 heavy (non-hydrogen) atoms. The Labute approximate surface area is 201 Å². The van der Waals surface area contributed by atoms with Gasteiger partial charge in [-0.05, 0) is 37.0 Å². The molecule has 2 aromatic carbocycles. The number of rotatable bonds is 3. The molecule has 0 saturated heterocycles. The Morgan fingerprint density at radius 1 is 1.24 bits per heavy atom. The Kier molecular flexibility index (Phi) is 5.02. The fraction of sp³-hybridized carbons (Fsp3) is 0.280. The largest absolute Gasteiger partial charge is 0.502 e. The summed E-state index contributed by atoms with van der Waals surface area (Å²) in [6, 6.07) is 12.2. The summed E-state index contributed by atoms with van der Waals surface area (Å²) in [5.41, 5.74) is 2.84. The number of Topliss-reactive ketones (excluding diaryl/α,β-unsaturated/α-hetero) is 1. The molecule has 1 aliphatic carbocycles. The Morgan fingerprint density at radius 3 is 2.62 bits per heavy atom. The van der Waals surface area contributed by atoms with Crippen LogP contribution in [0.4, 0.5) is 11.5 Å². The van der Waals surface area contributed by atoms with Gasteiger partial charge in [0.2, 0.25) is 0 Å². The number of carbonyl (C=O) groups is 1. The SMILES string of the molecule is Cc1nn(-c2ccccc2)c2c1[C@H](c1cc(Cl)cc([N+](=O)[O-])c1O)C1=C(CC(C)(C)CC1=O)N2. The molecule has 1 aromatic heterocycles. The van der Waals surface area contributed by atoms with E-state index in [1.165, 1.54) is 6.07 Å². The first kappa shape index (κ1) is 22.2. The maximum atomic E-state index is 13.5. The lowest BCUT2D eigenvalue weighted by molar-refractivity contribution is -0.385. The van der Waals surface area contributed by atoms with Crippen molar-refractivity contribution in [1.82, 2.24) is 9.78 Å². The van der Waals surface area contributed by atoms with E-state index in [9.17, 15) is 20.0 Å². The maximum Gasteiger partial charge on any atom is 0.312 e. The number of ketones is 1. The van der Waals surface area contributed by atoms with Gasteiger partial charge in [-0.15, -0.1) is 0 Å². The number of anilines is 1. The Hall–Kier alpha value is -3.65. The van der Waals surface area contributed by atoms with Crippen LogP contribution in [0.15, 0.2) is 53.7 Å². The van der Waals surface area contributed by atoms with Crippen molar-refractivity contribution in [3.63, 3.8) is 0 Å². The van der Waals surface area contributed by atoms with Crippen molar-refractivity contribution in [2.24, 2.45) is 5.41 Å². The van der Waals surface area contributed by atoms with Crippen molar-refractivity contribution >= 4 is 28.9 Å². The van der Waals surface area contributed by atoms with Crippen molar-refractivity contribution in [2.45, 2.75) is 39.5 Å². The Morgan fingerprint density at radius 2 is 1.94 bits per heavy atom. The summed E-state index contributed by atoms with van der Waals surface area (Å²) in [6.45, 7) is 5.89. The van der Waals surface area contributed by atoms with Crippen LogP contribution in [0.5, 0.6) is 5.75 Å². The molecule has 0 amide bonds. The van der Waals surface area contributed by atoms with Crippen LogP contribution in [0.2, 0.25) is 5.02 Å². The normalized spacial score (nSPS) is 18.8. The van der Waals surface area contributed by atoms with Gasteiger partial charge in [-0.2, -0.15) is 5.10 Å². The van der Waals surface area contributed by atoms with Crippen molar-refractivity contribution in [3.8, 4) is 11.4 Å². The molecule has 0 fully saturated rings. The summed E-state index contributed by atoms with van der Waals surface area (Å²) in [4.78, 5) is 24.4. The van der Waals surface area contributed by atoms with Gasteiger partial charge >= 0.3 is 5.69 Å². The first-order chi connectivity index (χ1) is 16.1. The molecule has 3 aromatic rings. The average Bonchev–Trinajstić information content (AvgIpc) is 3.09. The number of aromatic nitrogens is 2. The number of nitro benzene ring substituents is 1. The number of aryl methyl sites for hydroxylation is 1. The molecule has 2 N–H and O–H groups in total. The van der Waals surface area contributed by atoms with Gasteiger partial charge in [0.25, 0.3) is 0 Å². The van der Waals surface area contributed by atoms with Crippen molar-refractivity contribution in [1.29, 1.82) is 0 Å². The number of allylic oxidation sites excluding steroid dienone is 2. The molecule has 0 saturated carbocycles. The lowest BCUT2D eigenvalue weighted by Crippen LogP contribution is -2.34. The predicted molar refractivity (Wildman–Crippen MR) is 129 cm³/mol. The molecule has 2 heterocycles. The van der Waals surface area contributed by atoms with Gasteiger partial charge in [0.05, 0.1) is 16.3 Å². The summed E-state index contributed by atoms with van der Waals surface area (Å²) in [7, 11) is 0. The zero-order chi connectivity index (χ0) is 24.4. The first-order valence-corrected chi connectivity index (χ1v) is 11.3. The fourth-order valence-electron chi connectivity index (χ4n) is 5.11. The molecule has 9 heteroatoms. The number of hydrogen-bond donors (Lipinski definition) is 2. The quantitative estimate of drug-likeness (QED) is 0.372. The van der Waals surface area contributed by atoms with Crippen LogP contribution in [0.25, 0.3) is 5.69 Å². The number of para-hydroxylation sites is 1. The van der Waals surface area contributed by atoms with Crippen molar-refractivity contribution < 1.29 is 14.8 Å². The van der Waals surface area contributed by atoms with E-state index in [1.807, 2.05) is 51.1 Å². The van der Waals surface area contributed by atoms with Crippen LogP contribution in [0, 0.1) is 22.5 Å². The molecular formula is C25H23ClN4O4. The lowest BCUT2D eigenvalue weighted by atomic mass is 9.69. The Bertz CT molecular complexity index is 1390. The summed E-state index contributed by atoms with van der Waals surface area (Å²) in [5, 5.41) is 30.9. The van der Waals surface area contributed by atoms with Gasteiger partial charge in [0.1, 0.15) is 5.82 Å². The van der Waals surface area contributed by atoms with Crippen LogP contribution in [0.3, 0.4) is 0 Å². The van der Waals surface area contributed by atoms with E-state index >= 15 is 0 Å². The molecule has 0 bridgehead atoms. The lowest BCUT2D eigenvalue weighted by Gasteiger charge is -2.38. The highest BCUT2D eigenvalue weighted by Gasteiger charge is 2.44. The molecule has 174 valence electrons. The molecule has 1 aliphatic heterocycles. The third-order valence-corrected chi connectivity index (χ3v) is 6.68. The van der Waals surface area contributed by atoms with E-state index in [0.717, 1.165) is 17.5 Å². The predicted octanol–water partition coefficient (Wildman–Crippen LogP) is 5.65. The van der Waals surface area contributed by atoms with Crippen molar-refractivity contribution in [2.75, 3.05) is 5.32 Å². The highest BCUT2D eigenvalue weighted by molar-refractivity contribution is 6.31. The molecule has 8 nitrogen and oxygen atoms in total. The molecule has 2 aliphatic rings. The molecule has 0 spiro atoms. The second-order valence-corrected chi connectivity index (χ2v) is 10.0. The maximum absolute atomic E-state index is 13.5. The fourth-order valence-corrected chi connectivity index (χ4v) is 5.33. The molecular weight excluding hydrogens is 456 g/mol. The molecule has 5 rings (SSSR count). The van der Waals surface area contributed by atoms with Crippen LogP contribution in [-0.2, 0) is 4.79 Å². The van der Waals surface area contributed by atoms with E-state index in [4.69, 9.17) is 16.7 Å². The van der Waals surface area contributed by atoms with Crippen LogP contribution < -0.4 is 5.32 Å². The van der Waals surface area contributed by atoms with Gasteiger partial charge in [-0.25, -0.2) is 4.68 Å². The van der Waals surface area contributed by atoms with Gasteiger partial charge in [-0.1, -0.05) is 43.6 Å². The summed E-state index contributed by atoms with van der Waals surface area (Å²) < 4.78 is 1.77. The average molecular weight is 479 g/mol. The van der Waals surface area contributed by atoms with Crippen LogP contribution in [-0.4, -0.2) is 25.6 Å². The third kappa shape index (κ3) is 3.45. The number of aromatic hydroxyl groups is 1. The Balaban J connectivity index is 1.82. The first-order valence-electron chi connectivity index (χ1n) is 10.9. The van der Waals surface area contributed by atoms with Crippen LogP contribution in [0.1, 0.15) is 49.4 Å². The van der Waals surface area contributed by atoms with E-state index in [-0.39, 0.29) is 21.8 Å². The number of phenols is 1.